The van der Waals surface area contributed by atoms with Crippen LogP contribution in [0.2, 0.25) is 0 Å². The maximum absolute atomic E-state index is 5.97. The van der Waals surface area contributed by atoms with E-state index in [4.69, 9.17) is 4.74 Å². The van der Waals surface area contributed by atoms with Crippen molar-refractivity contribution in [3.05, 3.63) is 42.0 Å². The number of nitrogens with one attached hydrogen (secondary N) is 1. The van der Waals surface area contributed by atoms with Gasteiger partial charge in [0, 0.05) is 18.2 Å². The maximum Gasteiger partial charge on any atom is 0.124 e. The van der Waals surface area contributed by atoms with Gasteiger partial charge in [0.1, 0.15) is 5.75 Å². The van der Waals surface area contributed by atoms with E-state index in [0.29, 0.717) is 6.04 Å². The molecule has 1 aliphatic carbocycles. The summed E-state index contributed by atoms with van der Waals surface area (Å²) in [4.78, 5) is 0. The molecule has 0 atom stereocenters. The van der Waals surface area contributed by atoms with Gasteiger partial charge < -0.3 is 10.1 Å². The van der Waals surface area contributed by atoms with Crippen LogP contribution in [-0.4, -0.2) is 12.1 Å². The Morgan fingerprint density at radius 1 is 1.16 bits per heavy atom. The van der Waals surface area contributed by atoms with Crippen molar-refractivity contribution in [2.24, 2.45) is 0 Å². The summed E-state index contributed by atoms with van der Waals surface area (Å²) in [5.74, 6) is 1.02. The number of rotatable bonds is 5. The third-order valence-electron chi connectivity index (χ3n) is 3.51. The van der Waals surface area contributed by atoms with Crippen LogP contribution in [0.5, 0.6) is 5.75 Å². The monoisotopic (exact) mass is 255 g/mol. The van der Waals surface area contributed by atoms with Gasteiger partial charge >= 0.3 is 0 Å². The third kappa shape index (κ3) is 2.90. The van der Waals surface area contributed by atoms with Gasteiger partial charge in [-0.2, -0.15) is 0 Å². The number of benzene rings is 2. The maximum atomic E-state index is 5.97. The van der Waals surface area contributed by atoms with Crippen molar-refractivity contribution in [1.82, 2.24) is 5.32 Å². The van der Waals surface area contributed by atoms with E-state index in [1.165, 1.54) is 29.2 Å². The van der Waals surface area contributed by atoms with Gasteiger partial charge in [-0.1, -0.05) is 30.3 Å². The zero-order chi connectivity index (χ0) is 13.2. The quantitative estimate of drug-likeness (QED) is 0.875. The van der Waals surface area contributed by atoms with E-state index in [-0.39, 0.29) is 6.10 Å². The first-order valence-electron chi connectivity index (χ1n) is 7.14. The highest BCUT2D eigenvalue weighted by molar-refractivity contribution is 5.87. The lowest BCUT2D eigenvalue weighted by Gasteiger charge is -2.17. The van der Waals surface area contributed by atoms with Gasteiger partial charge in [-0.25, -0.2) is 0 Å². The average molecular weight is 255 g/mol. The fraction of sp³-hybridized carbons (Fsp3) is 0.412. The highest BCUT2D eigenvalue weighted by Crippen LogP contribution is 2.30. The van der Waals surface area contributed by atoms with Crippen molar-refractivity contribution in [2.45, 2.75) is 45.4 Å². The predicted molar refractivity (Wildman–Crippen MR) is 79.6 cm³/mol. The second-order valence-electron chi connectivity index (χ2n) is 5.59. The third-order valence-corrected chi connectivity index (χ3v) is 3.51. The molecule has 1 saturated carbocycles. The lowest BCUT2D eigenvalue weighted by atomic mass is 10.0. The van der Waals surface area contributed by atoms with Crippen LogP contribution in [0.25, 0.3) is 10.8 Å². The molecule has 2 aromatic carbocycles. The van der Waals surface area contributed by atoms with Gasteiger partial charge in [-0.15, -0.1) is 0 Å². The fourth-order valence-corrected chi connectivity index (χ4v) is 2.40. The van der Waals surface area contributed by atoms with E-state index >= 15 is 0 Å². The minimum atomic E-state index is 0.209. The van der Waals surface area contributed by atoms with Crippen LogP contribution in [0, 0.1) is 0 Å². The molecule has 0 saturated heterocycles. The minimum absolute atomic E-state index is 0.209. The molecule has 0 radical (unpaired) electrons. The number of hydrogen-bond donors (Lipinski definition) is 1. The Morgan fingerprint density at radius 3 is 2.68 bits per heavy atom. The summed E-state index contributed by atoms with van der Waals surface area (Å²) < 4.78 is 5.97. The van der Waals surface area contributed by atoms with Gasteiger partial charge in [0.25, 0.3) is 0 Å². The van der Waals surface area contributed by atoms with Gasteiger partial charge in [-0.05, 0) is 43.5 Å². The van der Waals surface area contributed by atoms with E-state index in [1.54, 1.807) is 0 Å². The molecule has 3 rings (SSSR count). The molecule has 1 fully saturated rings. The minimum Gasteiger partial charge on any atom is -0.491 e. The van der Waals surface area contributed by atoms with Gasteiger partial charge in [0.05, 0.1) is 6.10 Å². The molecule has 0 amide bonds. The zero-order valence-electron chi connectivity index (χ0n) is 11.6. The summed E-state index contributed by atoms with van der Waals surface area (Å²) in [6.07, 6.45) is 2.83. The molecule has 0 unspecified atom stereocenters. The topological polar surface area (TPSA) is 21.3 Å². The van der Waals surface area contributed by atoms with Crippen LogP contribution in [0.4, 0.5) is 0 Å². The molecule has 2 nitrogen and oxygen atoms in total. The molecule has 19 heavy (non-hydrogen) atoms. The van der Waals surface area contributed by atoms with Crippen LogP contribution < -0.4 is 10.1 Å². The van der Waals surface area contributed by atoms with Crippen molar-refractivity contribution in [3.63, 3.8) is 0 Å². The van der Waals surface area contributed by atoms with E-state index in [2.05, 4.69) is 55.6 Å². The summed E-state index contributed by atoms with van der Waals surface area (Å²) in [5.41, 5.74) is 1.29. The molecule has 2 aromatic rings. The lowest BCUT2D eigenvalue weighted by Crippen LogP contribution is -2.17. The fourth-order valence-electron chi connectivity index (χ4n) is 2.40. The van der Waals surface area contributed by atoms with E-state index in [0.717, 1.165) is 12.3 Å². The molecule has 0 spiro atoms. The Bertz CT molecular complexity index is 572. The average Bonchev–Trinajstić information content (AvgIpc) is 3.21. The van der Waals surface area contributed by atoms with Crippen molar-refractivity contribution in [1.29, 1.82) is 0 Å². The van der Waals surface area contributed by atoms with Crippen molar-refractivity contribution in [2.75, 3.05) is 0 Å². The van der Waals surface area contributed by atoms with Crippen LogP contribution in [0.1, 0.15) is 32.3 Å². The van der Waals surface area contributed by atoms with Crippen LogP contribution in [0.15, 0.2) is 36.4 Å². The van der Waals surface area contributed by atoms with E-state index in [9.17, 15) is 0 Å². The highest BCUT2D eigenvalue weighted by Gasteiger charge is 2.21. The first-order chi connectivity index (χ1) is 9.24. The summed E-state index contributed by atoms with van der Waals surface area (Å²) in [7, 11) is 0. The SMILES string of the molecule is CC(C)Oc1ccc2ccccc2c1CNC1CC1. The highest BCUT2D eigenvalue weighted by atomic mass is 16.5. The predicted octanol–water partition coefficient (Wildman–Crippen LogP) is 3.88. The standard InChI is InChI=1S/C17H21NO/c1-12(2)19-17-10-7-13-5-3-4-6-15(13)16(17)11-18-14-8-9-14/h3-7,10,12,14,18H,8-9,11H2,1-2H3. The number of fused-ring (bicyclic) bond motifs is 1. The van der Waals surface area contributed by atoms with Crippen LogP contribution >= 0.6 is 0 Å². The van der Waals surface area contributed by atoms with Gasteiger partial charge in [-0.3, -0.25) is 0 Å². The van der Waals surface area contributed by atoms with E-state index in [1.807, 2.05) is 0 Å². The molecule has 100 valence electrons. The molecule has 0 heterocycles. The smallest absolute Gasteiger partial charge is 0.124 e. The Balaban J connectivity index is 1.99. The number of hydrogen-bond acceptors (Lipinski definition) is 2. The summed E-state index contributed by atoms with van der Waals surface area (Å²) in [5, 5.41) is 6.18. The molecule has 1 N–H and O–H groups in total. The molecule has 0 aliphatic heterocycles. The molecular weight excluding hydrogens is 234 g/mol. The molecule has 1 aliphatic rings. The van der Waals surface area contributed by atoms with Crippen molar-refractivity contribution < 1.29 is 4.74 Å². The Labute approximate surface area is 114 Å². The van der Waals surface area contributed by atoms with Crippen LogP contribution in [-0.2, 0) is 6.54 Å². The lowest BCUT2D eigenvalue weighted by molar-refractivity contribution is 0.240. The van der Waals surface area contributed by atoms with E-state index < -0.39 is 0 Å². The second kappa shape index (κ2) is 5.22. The van der Waals surface area contributed by atoms with Gasteiger partial charge in [0.15, 0.2) is 0 Å². The molecule has 0 bridgehead atoms. The Morgan fingerprint density at radius 2 is 1.95 bits per heavy atom. The first kappa shape index (κ1) is 12.5. The van der Waals surface area contributed by atoms with Crippen LogP contribution in [0.3, 0.4) is 0 Å². The summed E-state index contributed by atoms with van der Waals surface area (Å²) in [6.45, 7) is 5.05. The van der Waals surface area contributed by atoms with Crippen molar-refractivity contribution in [3.8, 4) is 5.75 Å². The zero-order valence-corrected chi connectivity index (χ0v) is 11.6. The Kier molecular flexibility index (Phi) is 3.43. The second-order valence-corrected chi connectivity index (χ2v) is 5.59. The molecular formula is C17H21NO. The summed E-state index contributed by atoms with van der Waals surface area (Å²) >= 11 is 0. The normalized spacial score (nSPS) is 15.1. The molecule has 0 aromatic heterocycles. The first-order valence-corrected chi connectivity index (χ1v) is 7.14. The number of ether oxygens (including phenoxy) is 1. The largest absolute Gasteiger partial charge is 0.491 e. The van der Waals surface area contributed by atoms with Crippen molar-refractivity contribution >= 4 is 10.8 Å². The summed E-state index contributed by atoms with van der Waals surface area (Å²) in [6, 6.07) is 13.5. The van der Waals surface area contributed by atoms with Gasteiger partial charge in [0.2, 0.25) is 0 Å². The molecule has 2 heteroatoms. The Hall–Kier alpha value is -1.54.